The minimum absolute atomic E-state index is 0.978. The molecule has 1 rings (SSSR count). The highest BCUT2D eigenvalue weighted by Gasteiger charge is 2.05. The number of hydrogen-bond acceptors (Lipinski definition) is 1. The van der Waals surface area contributed by atoms with Crippen LogP contribution in [0.2, 0.25) is 0 Å². The highest BCUT2D eigenvalue weighted by molar-refractivity contribution is 5.62. The normalized spacial score (nSPS) is 12.3. The Morgan fingerprint density at radius 2 is 2.27 bits per heavy atom. The van der Waals surface area contributed by atoms with Gasteiger partial charge in [-0.25, -0.2) is 4.98 Å². The van der Waals surface area contributed by atoms with Gasteiger partial charge in [-0.3, -0.25) is 0 Å². The Labute approximate surface area is 91.7 Å². The summed E-state index contributed by atoms with van der Waals surface area (Å²) in [5.74, 6) is 1.05. The lowest BCUT2D eigenvalue weighted by molar-refractivity contribution is 0.881. The fraction of sp³-hybridized carbons (Fsp3) is 0.308. The van der Waals surface area contributed by atoms with Crippen LogP contribution in [-0.4, -0.2) is 9.55 Å². The van der Waals surface area contributed by atoms with E-state index in [-0.39, 0.29) is 0 Å². The molecule has 0 saturated carbocycles. The number of aryl methyl sites for hydroxylation is 2. The molecule has 1 heterocycles. The fourth-order valence-electron chi connectivity index (χ4n) is 1.52. The molecule has 0 N–H and O–H groups in total. The number of hydrogen-bond donors (Lipinski definition) is 0. The molecule has 0 aromatic carbocycles. The summed E-state index contributed by atoms with van der Waals surface area (Å²) in [5, 5.41) is 0. The van der Waals surface area contributed by atoms with Gasteiger partial charge in [-0.2, -0.15) is 0 Å². The second-order valence-electron chi connectivity index (χ2n) is 3.48. The molecular formula is C13H18N2. The molecule has 80 valence electrons. The summed E-state index contributed by atoms with van der Waals surface area (Å²) < 4.78 is 2.06. The van der Waals surface area contributed by atoms with Gasteiger partial charge in [0.1, 0.15) is 5.82 Å². The molecule has 0 amide bonds. The molecule has 1 aromatic rings. The molecular weight excluding hydrogens is 184 g/mol. The van der Waals surface area contributed by atoms with Gasteiger partial charge in [-0.15, -0.1) is 0 Å². The molecule has 0 radical (unpaired) electrons. The van der Waals surface area contributed by atoms with Crippen LogP contribution in [0.1, 0.15) is 24.9 Å². The van der Waals surface area contributed by atoms with Crippen molar-refractivity contribution < 1.29 is 0 Å². The highest BCUT2D eigenvalue weighted by Crippen LogP contribution is 2.16. The summed E-state index contributed by atoms with van der Waals surface area (Å²) >= 11 is 0. The maximum absolute atomic E-state index is 4.50. The van der Waals surface area contributed by atoms with Crippen LogP contribution >= 0.6 is 0 Å². The summed E-state index contributed by atoms with van der Waals surface area (Å²) in [5.41, 5.74) is 2.29. The van der Waals surface area contributed by atoms with E-state index < -0.39 is 0 Å². The monoisotopic (exact) mass is 202 g/mol. The number of aromatic nitrogens is 2. The SMILES string of the molecule is C=C/C=C\C=C(/CC)c1nc(C)cn1C. The standard InChI is InChI=1S/C13H18N2/c1-5-7-8-9-12(6-2)13-14-11(3)10-15(13)4/h5,7-10H,1,6H2,2-4H3/b8-7-,12-9+. The Bertz CT molecular complexity index is 395. The molecule has 0 spiro atoms. The van der Waals surface area contributed by atoms with Crippen molar-refractivity contribution in [3.63, 3.8) is 0 Å². The molecule has 2 heteroatoms. The summed E-state index contributed by atoms with van der Waals surface area (Å²) in [6.45, 7) is 7.79. The lowest BCUT2D eigenvalue weighted by Gasteiger charge is -2.02. The molecule has 1 aromatic heterocycles. The van der Waals surface area contributed by atoms with Crippen LogP contribution in [0.3, 0.4) is 0 Å². The summed E-state index contributed by atoms with van der Waals surface area (Å²) in [6, 6.07) is 0. The van der Waals surface area contributed by atoms with Crippen molar-refractivity contribution in [2.75, 3.05) is 0 Å². The quantitative estimate of drug-likeness (QED) is 0.685. The van der Waals surface area contributed by atoms with Crippen LogP contribution < -0.4 is 0 Å². The minimum Gasteiger partial charge on any atom is -0.334 e. The average molecular weight is 202 g/mol. The number of imidazole rings is 1. The predicted molar refractivity (Wildman–Crippen MR) is 65.6 cm³/mol. The molecule has 2 nitrogen and oxygen atoms in total. The summed E-state index contributed by atoms with van der Waals surface area (Å²) in [6.07, 6.45) is 10.8. The third-order valence-corrected chi connectivity index (χ3v) is 2.21. The van der Waals surface area contributed by atoms with Crippen LogP contribution in [-0.2, 0) is 7.05 Å². The molecule has 0 aliphatic carbocycles. The van der Waals surface area contributed by atoms with Crippen molar-refractivity contribution in [1.82, 2.24) is 9.55 Å². The zero-order valence-corrected chi connectivity index (χ0v) is 9.70. The Hall–Kier alpha value is -1.57. The Balaban J connectivity index is 3.01. The third kappa shape index (κ3) is 2.94. The van der Waals surface area contributed by atoms with E-state index in [9.17, 15) is 0 Å². The zero-order chi connectivity index (χ0) is 11.3. The topological polar surface area (TPSA) is 17.8 Å². The zero-order valence-electron chi connectivity index (χ0n) is 9.70. The van der Waals surface area contributed by atoms with E-state index in [0.29, 0.717) is 0 Å². The van der Waals surface area contributed by atoms with Crippen LogP contribution in [0.25, 0.3) is 5.57 Å². The highest BCUT2D eigenvalue weighted by atomic mass is 15.0. The van der Waals surface area contributed by atoms with Gasteiger partial charge in [0.2, 0.25) is 0 Å². The molecule has 0 fully saturated rings. The van der Waals surface area contributed by atoms with Crippen molar-refractivity contribution in [2.24, 2.45) is 7.05 Å². The molecule has 0 saturated heterocycles. The lowest BCUT2D eigenvalue weighted by Crippen LogP contribution is -1.95. The minimum atomic E-state index is 0.978. The van der Waals surface area contributed by atoms with E-state index in [1.807, 2.05) is 32.3 Å². The molecule has 15 heavy (non-hydrogen) atoms. The average Bonchev–Trinajstić information content (AvgIpc) is 2.53. The predicted octanol–water partition coefficient (Wildman–Crippen LogP) is 3.26. The van der Waals surface area contributed by atoms with Crippen molar-refractivity contribution in [1.29, 1.82) is 0 Å². The van der Waals surface area contributed by atoms with Crippen molar-refractivity contribution in [2.45, 2.75) is 20.3 Å². The first kappa shape index (κ1) is 11.5. The molecule has 0 unspecified atom stereocenters. The molecule has 0 atom stereocenters. The van der Waals surface area contributed by atoms with Crippen LogP contribution in [0.5, 0.6) is 0 Å². The van der Waals surface area contributed by atoms with Gasteiger partial charge in [0.05, 0.1) is 5.69 Å². The van der Waals surface area contributed by atoms with E-state index in [1.165, 1.54) is 5.57 Å². The Kier molecular flexibility index (Phi) is 4.10. The van der Waals surface area contributed by atoms with Gasteiger partial charge in [0, 0.05) is 13.2 Å². The molecule has 0 bridgehead atoms. The van der Waals surface area contributed by atoms with Crippen LogP contribution in [0, 0.1) is 6.92 Å². The Morgan fingerprint density at radius 1 is 1.53 bits per heavy atom. The van der Waals surface area contributed by atoms with Gasteiger partial charge in [0.25, 0.3) is 0 Å². The third-order valence-electron chi connectivity index (χ3n) is 2.21. The first-order chi connectivity index (χ1) is 7.19. The second kappa shape index (κ2) is 5.35. The van der Waals surface area contributed by atoms with E-state index in [2.05, 4.69) is 29.1 Å². The first-order valence-electron chi connectivity index (χ1n) is 5.17. The molecule has 0 aliphatic heterocycles. The van der Waals surface area contributed by atoms with Gasteiger partial charge in [0.15, 0.2) is 0 Å². The summed E-state index contributed by atoms with van der Waals surface area (Å²) in [4.78, 5) is 4.50. The lowest BCUT2D eigenvalue weighted by atomic mass is 10.1. The Morgan fingerprint density at radius 3 is 2.73 bits per heavy atom. The second-order valence-corrected chi connectivity index (χ2v) is 3.48. The van der Waals surface area contributed by atoms with E-state index in [0.717, 1.165) is 17.9 Å². The van der Waals surface area contributed by atoms with Gasteiger partial charge in [-0.1, -0.05) is 37.8 Å². The van der Waals surface area contributed by atoms with Crippen molar-refractivity contribution in [3.05, 3.63) is 48.6 Å². The van der Waals surface area contributed by atoms with E-state index in [4.69, 9.17) is 0 Å². The van der Waals surface area contributed by atoms with Gasteiger partial charge < -0.3 is 4.57 Å². The van der Waals surface area contributed by atoms with Crippen LogP contribution in [0.4, 0.5) is 0 Å². The summed E-state index contributed by atoms with van der Waals surface area (Å²) in [7, 11) is 2.02. The maximum Gasteiger partial charge on any atom is 0.135 e. The van der Waals surface area contributed by atoms with Crippen molar-refractivity contribution in [3.8, 4) is 0 Å². The number of rotatable bonds is 4. The number of nitrogens with zero attached hydrogens (tertiary/aromatic N) is 2. The number of allylic oxidation sites excluding steroid dienone is 5. The van der Waals surface area contributed by atoms with Crippen molar-refractivity contribution >= 4 is 5.57 Å². The fourth-order valence-corrected chi connectivity index (χ4v) is 1.52. The van der Waals surface area contributed by atoms with Gasteiger partial charge >= 0.3 is 0 Å². The largest absolute Gasteiger partial charge is 0.334 e. The van der Waals surface area contributed by atoms with E-state index in [1.54, 1.807) is 6.08 Å². The van der Waals surface area contributed by atoms with E-state index >= 15 is 0 Å². The maximum atomic E-state index is 4.50. The van der Waals surface area contributed by atoms with Crippen LogP contribution in [0.15, 0.2) is 37.1 Å². The first-order valence-corrected chi connectivity index (χ1v) is 5.17. The van der Waals surface area contributed by atoms with Gasteiger partial charge in [-0.05, 0) is 18.9 Å². The molecule has 0 aliphatic rings. The smallest absolute Gasteiger partial charge is 0.135 e.